The van der Waals surface area contributed by atoms with Crippen molar-refractivity contribution in [2.45, 2.75) is 19.8 Å². The number of aliphatic hydroxyl groups excluding tert-OH is 1. The van der Waals surface area contributed by atoms with Gasteiger partial charge < -0.3 is 23.8 Å². The predicted molar refractivity (Wildman–Crippen MR) is 78.2 cm³/mol. The van der Waals surface area contributed by atoms with Gasteiger partial charge in [0.1, 0.15) is 18.9 Å². The van der Waals surface area contributed by atoms with Crippen LogP contribution in [0.3, 0.4) is 0 Å². The van der Waals surface area contributed by atoms with E-state index in [1.807, 2.05) is 0 Å². The van der Waals surface area contributed by atoms with Crippen LogP contribution in [0.1, 0.15) is 17.0 Å². The van der Waals surface area contributed by atoms with Crippen molar-refractivity contribution in [1.82, 2.24) is 5.16 Å². The van der Waals surface area contributed by atoms with Crippen molar-refractivity contribution in [2.24, 2.45) is 0 Å². The summed E-state index contributed by atoms with van der Waals surface area (Å²) < 4.78 is 21.7. The van der Waals surface area contributed by atoms with Gasteiger partial charge >= 0.3 is 0 Å². The molecule has 0 amide bonds. The van der Waals surface area contributed by atoms with Gasteiger partial charge in [0.05, 0.1) is 18.2 Å². The number of hydrogen-bond acceptors (Lipinski definition) is 6. The largest absolute Gasteiger partial charge is 0.493 e. The molecule has 1 N–H and O–H groups in total. The molecule has 1 aromatic heterocycles. The van der Waals surface area contributed by atoms with Crippen molar-refractivity contribution < 1.29 is 23.8 Å². The Kier molecular flexibility index (Phi) is 5.60. The number of nitrogens with zero attached hydrogens (tertiary/aromatic N) is 1. The second kappa shape index (κ2) is 7.44. The predicted octanol–water partition coefficient (Wildman–Crippen LogP) is 2.66. The zero-order chi connectivity index (χ0) is 15.2. The molecular weight excluding hydrogens is 342 g/mol. The molecule has 0 bridgehead atoms. The lowest BCUT2D eigenvalue weighted by atomic mass is 10.2. The summed E-state index contributed by atoms with van der Waals surface area (Å²) in [6.07, 6.45) is 0. The van der Waals surface area contributed by atoms with Crippen LogP contribution < -0.4 is 9.47 Å². The van der Waals surface area contributed by atoms with E-state index in [1.165, 1.54) is 0 Å². The van der Waals surface area contributed by atoms with Crippen LogP contribution in [0.15, 0.2) is 27.2 Å². The average Bonchev–Trinajstić information content (AvgIpc) is 2.93. The summed E-state index contributed by atoms with van der Waals surface area (Å²) in [4.78, 5) is 0. The summed E-state index contributed by atoms with van der Waals surface area (Å²) in [5, 5.41) is 13.1. The minimum atomic E-state index is -0.0705. The maximum absolute atomic E-state index is 9.18. The van der Waals surface area contributed by atoms with E-state index in [2.05, 4.69) is 21.1 Å². The molecule has 0 atom stereocenters. The van der Waals surface area contributed by atoms with Gasteiger partial charge in [-0.25, -0.2) is 0 Å². The molecule has 6 nitrogen and oxygen atoms in total. The zero-order valence-corrected chi connectivity index (χ0v) is 13.3. The van der Waals surface area contributed by atoms with Gasteiger partial charge in [-0.15, -0.1) is 0 Å². The summed E-state index contributed by atoms with van der Waals surface area (Å²) >= 11 is 3.40. The van der Waals surface area contributed by atoms with Gasteiger partial charge in [0.2, 0.25) is 0 Å². The number of rotatable bonds is 7. The second-order valence-corrected chi connectivity index (χ2v) is 5.13. The van der Waals surface area contributed by atoms with Gasteiger partial charge in [0.25, 0.3) is 0 Å². The molecule has 0 saturated heterocycles. The Morgan fingerprint density at radius 3 is 2.71 bits per heavy atom. The molecule has 1 heterocycles. The Hall–Kier alpha value is -1.57. The molecule has 2 rings (SSSR count). The van der Waals surface area contributed by atoms with Crippen LogP contribution in [0.2, 0.25) is 0 Å². The van der Waals surface area contributed by atoms with Crippen molar-refractivity contribution in [3.63, 3.8) is 0 Å². The van der Waals surface area contributed by atoms with Crippen molar-refractivity contribution in [3.05, 3.63) is 39.7 Å². The van der Waals surface area contributed by atoms with E-state index in [0.29, 0.717) is 34.0 Å². The smallest absolute Gasteiger partial charge is 0.175 e. The standard InChI is InChI=1S/C14H16BrNO5/c1-18-8-11-5-10(16-21-11)7-20-14-12(15)3-9(6-17)4-13(14)19-2/h3-5,17H,6-8H2,1-2H3. The molecule has 2 aromatic rings. The first kappa shape index (κ1) is 15.8. The van der Waals surface area contributed by atoms with Gasteiger partial charge in [0, 0.05) is 13.2 Å². The van der Waals surface area contributed by atoms with Crippen LogP contribution in [0.5, 0.6) is 11.5 Å². The molecule has 0 aliphatic rings. The lowest BCUT2D eigenvalue weighted by molar-refractivity contribution is 0.155. The number of aromatic nitrogens is 1. The first-order valence-electron chi connectivity index (χ1n) is 6.21. The number of methoxy groups -OCH3 is 2. The highest BCUT2D eigenvalue weighted by Crippen LogP contribution is 2.37. The van der Waals surface area contributed by atoms with Crippen molar-refractivity contribution >= 4 is 15.9 Å². The summed E-state index contributed by atoms with van der Waals surface area (Å²) in [5.41, 5.74) is 1.39. The summed E-state index contributed by atoms with van der Waals surface area (Å²) in [6.45, 7) is 0.533. The third-order valence-corrected chi connectivity index (χ3v) is 3.32. The normalized spacial score (nSPS) is 10.7. The first-order chi connectivity index (χ1) is 10.2. The molecule has 114 valence electrons. The molecular formula is C14H16BrNO5. The monoisotopic (exact) mass is 357 g/mol. The fraction of sp³-hybridized carbons (Fsp3) is 0.357. The van der Waals surface area contributed by atoms with Gasteiger partial charge in [-0.3, -0.25) is 0 Å². The molecule has 21 heavy (non-hydrogen) atoms. The van der Waals surface area contributed by atoms with Crippen LogP contribution in [0.4, 0.5) is 0 Å². The second-order valence-electron chi connectivity index (χ2n) is 4.27. The summed E-state index contributed by atoms with van der Waals surface area (Å²) in [6, 6.07) is 5.27. The molecule has 1 aromatic carbocycles. The maximum atomic E-state index is 9.18. The quantitative estimate of drug-likeness (QED) is 0.820. The molecule has 0 unspecified atom stereocenters. The van der Waals surface area contributed by atoms with Crippen molar-refractivity contribution in [1.29, 1.82) is 0 Å². The molecule has 0 aliphatic heterocycles. The minimum absolute atomic E-state index is 0.0705. The summed E-state index contributed by atoms with van der Waals surface area (Å²) in [7, 11) is 3.13. The topological polar surface area (TPSA) is 74.0 Å². The van der Waals surface area contributed by atoms with Gasteiger partial charge in [-0.1, -0.05) is 5.16 Å². The Morgan fingerprint density at radius 1 is 1.24 bits per heavy atom. The number of hydrogen-bond donors (Lipinski definition) is 1. The van der Waals surface area contributed by atoms with E-state index in [9.17, 15) is 5.11 Å². The van der Waals surface area contributed by atoms with Gasteiger partial charge in [-0.05, 0) is 33.6 Å². The van der Waals surface area contributed by atoms with Crippen LogP contribution in [-0.4, -0.2) is 24.5 Å². The summed E-state index contributed by atoms with van der Waals surface area (Å²) in [5.74, 6) is 1.72. The number of ether oxygens (including phenoxy) is 3. The fourth-order valence-corrected chi connectivity index (χ4v) is 2.39. The van der Waals surface area contributed by atoms with Crippen LogP contribution in [0, 0.1) is 0 Å². The highest BCUT2D eigenvalue weighted by Gasteiger charge is 2.13. The molecule has 0 radical (unpaired) electrons. The lowest BCUT2D eigenvalue weighted by Gasteiger charge is -2.13. The van der Waals surface area contributed by atoms with Crippen LogP contribution in [-0.2, 0) is 24.6 Å². The third-order valence-electron chi connectivity index (χ3n) is 2.73. The van der Waals surface area contributed by atoms with Crippen LogP contribution in [0.25, 0.3) is 0 Å². The number of aliphatic hydroxyl groups is 1. The molecule has 0 spiro atoms. The number of halogens is 1. The van der Waals surface area contributed by atoms with Crippen molar-refractivity contribution in [2.75, 3.05) is 14.2 Å². The Morgan fingerprint density at radius 2 is 2.05 bits per heavy atom. The van der Waals surface area contributed by atoms with Gasteiger partial charge in [0.15, 0.2) is 17.3 Å². The SMILES string of the molecule is COCc1cc(COc2c(Br)cc(CO)cc2OC)no1. The van der Waals surface area contributed by atoms with E-state index in [1.54, 1.807) is 32.4 Å². The highest BCUT2D eigenvalue weighted by atomic mass is 79.9. The number of benzene rings is 1. The third kappa shape index (κ3) is 3.96. The van der Waals surface area contributed by atoms with E-state index in [4.69, 9.17) is 18.7 Å². The van der Waals surface area contributed by atoms with E-state index < -0.39 is 0 Å². The highest BCUT2D eigenvalue weighted by molar-refractivity contribution is 9.10. The minimum Gasteiger partial charge on any atom is -0.493 e. The van der Waals surface area contributed by atoms with E-state index in [-0.39, 0.29) is 13.2 Å². The first-order valence-corrected chi connectivity index (χ1v) is 7.00. The van der Waals surface area contributed by atoms with E-state index >= 15 is 0 Å². The average molecular weight is 358 g/mol. The fourth-order valence-electron chi connectivity index (χ4n) is 1.78. The Bertz CT molecular complexity index is 599. The molecule has 7 heteroatoms. The van der Waals surface area contributed by atoms with Crippen LogP contribution >= 0.6 is 15.9 Å². The molecule has 0 fully saturated rings. The van der Waals surface area contributed by atoms with Crippen molar-refractivity contribution in [3.8, 4) is 11.5 Å². The Balaban J connectivity index is 2.11. The zero-order valence-electron chi connectivity index (χ0n) is 11.8. The Labute approximate surface area is 130 Å². The van der Waals surface area contributed by atoms with E-state index in [0.717, 1.165) is 5.56 Å². The molecule has 0 aliphatic carbocycles. The lowest BCUT2D eigenvalue weighted by Crippen LogP contribution is -2.00. The molecule has 0 saturated carbocycles. The van der Waals surface area contributed by atoms with Gasteiger partial charge in [-0.2, -0.15) is 0 Å². The maximum Gasteiger partial charge on any atom is 0.175 e.